The summed E-state index contributed by atoms with van der Waals surface area (Å²) in [6.45, 7) is 0. The van der Waals surface area contributed by atoms with Gasteiger partial charge in [0.25, 0.3) is 0 Å². The number of thiophene rings is 1. The number of aromatic amines is 1. The molecule has 0 aliphatic carbocycles. The van der Waals surface area contributed by atoms with Crippen LogP contribution in [0, 0.1) is 0 Å². The van der Waals surface area contributed by atoms with Crippen molar-refractivity contribution in [3.05, 3.63) is 90.5 Å². The molecule has 0 spiro atoms. The highest BCUT2D eigenvalue weighted by atomic mass is 32.1. The van der Waals surface area contributed by atoms with E-state index in [0.29, 0.717) is 0 Å². The molecule has 0 aliphatic rings. The molecule has 5 rings (SSSR count). The lowest BCUT2D eigenvalue weighted by Crippen LogP contribution is -1.87. The first kappa shape index (κ1) is 20.8. The zero-order valence-corrected chi connectivity index (χ0v) is 19.1. The van der Waals surface area contributed by atoms with Crippen molar-refractivity contribution in [2.75, 3.05) is 14.2 Å². The summed E-state index contributed by atoms with van der Waals surface area (Å²) in [7, 11) is 3.35. The molecular weight excluding hydrogens is 432 g/mol. The average molecular weight is 455 g/mol. The number of hydrogen-bond acceptors (Lipinski definition) is 5. The maximum atomic E-state index is 6.45. The number of hydrogen-bond donors (Lipinski definition) is 1. The minimum Gasteiger partial charge on any atom is -0.497 e. The van der Waals surface area contributed by atoms with Gasteiger partial charge < -0.3 is 19.2 Å². The number of ether oxygens (including phenoxy) is 3. The topological polar surface area (TPSA) is 56.4 Å². The van der Waals surface area contributed by atoms with Gasteiger partial charge in [-0.1, -0.05) is 18.2 Å². The first-order valence-electron chi connectivity index (χ1n) is 10.4. The average Bonchev–Trinajstić information content (AvgIpc) is 3.51. The molecule has 5 nitrogen and oxygen atoms in total. The van der Waals surface area contributed by atoms with Crippen molar-refractivity contribution in [2.24, 2.45) is 0 Å². The molecule has 0 saturated carbocycles. The Morgan fingerprint density at radius 3 is 2.24 bits per heavy atom. The van der Waals surface area contributed by atoms with Crippen LogP contribution in [0.15, 0.2) is 79.3 Å². The lowest BCUT2D eigenvalue weighted by molar-refractivity contribution is 0.415. The third kappa shape index (κ3) is 4.47. The van der Waals surface area contributed by atoms with E-state index in [2.05, 4.69) is 28.2 Å². The second kappa shape index (κ2) is 9.22. The Kier molecular flexibility index (Phi) is 5.83. The molecule has 0 radical (unpaired) electrons. The number of nitrogens with zero attached hydrogens (tertiary/aromatic N) is 1. The van der Waals surface area contributed by atoms with Gasteiger partial charge in [-0.15, -0.1) is 11.3 Å². The first-order chi connectivity index (χ1) is 16.2. The van der Waals surface area contributed by atoms with Crippen LogP contribution in [0.4, 0.5) is 0 Å². The SMILES string of the molecule is COc1ccc(-c2sc3cc(OC)ccc3c2Oc2ccc(/C=C/c3cnc[nH]3)cc2)cc1. The third-order valence-corrected chi connectivity index (χ3v) is 6.46. The van der Waals surface area contributed by atoms with Gasteiger partial charge in [0, 0.05) is 10.1 Å². The van der Waals surface area contributed by atoms with Gasteiger partial charge >= 0.3 is 0 Å². The van der Waals surface area contributed by atoms with Crippen LogP contribution in [0.3, 0.4) is 0 Å². The standard InChI is InChI=1S/C27H22N2O3S/c1-30-21-11-6-19(7-12-21)27-26(24-14-13-23(31-2)15-25(24)33-27)32-22-9-4-18(5-10-22)3-8-20-16-28-17-29-20/h3-17H,1-2H3,(H,28,29)/b8-3+. The second-order valence-electron chi connectivity index (χ2n) is 7.36. The van der Waals surface area contributed by atoms with Crippen LogP contribution in [0.25, 0.3) is 32.7 Å². The van der Waals surface area contributed by atoms with Crippen molar-refractivity contribution in [3.8, 4) is 33.4 Å². The van der Waals surface area contributed by atoms with Gasteiger partial charge in [0.2, 0.25) is 0 Å². The van der Waals surface area contributed by atoms with Gasteiger partial charge in [0.1, 0.15) is 17.2 Å². The van der Waals surface area contributed by atoms with Gasteiger partial charge in [-0.2, -0.15) is 0 Å². The molecular formula is C27H22N2O3S. The Balaban J connectivity index is 1.49. The summed E-state index contributed by atoms with van der Waals surface area (Å²) >= 11 is 1.68. The highest BCUT2D eigenvalue weighted by Gasteiger charge is 2.17. The van der Waals surface area contributed by atoms with Crippen molar-refractivity contribution in [3.63, 3.8) is 0 Å². The molecule has 1 N–H and O–H groups in total. The molecule has 0 atom stereocenters. The largest absolute Gasteiger partial charge is 0.497 e. The molecule has 0 aliphatic heterocycles. The second-order valence-corrected chi connectivity index (χ2v) is 8.41. The zero-order chi connectivity index (χ0) is 22.6. The Morgan fingerprint density at radius 1 is 0.818 bits per heavy atom. The molecule has 2 aromatic heterocycles. The molecule has 0 fully saturated rings. The molecule has 0 amide bonds. The lowest BCUT2D eigenvalue weighted by Gasteiger charge is -2.09. The fourth-order valence-electron chi connectivity index (χ4n) is 3.52. The van der Waals surface area contributed by atoms with E-state index in [-0.39, 0.29) is 0 Å². The van der Waals surface area contributed by atoms with E-state index in [0.717, 1.165) is 54.8 Å². The fourth-order valence-corrected chi connectivity index (χ4v) is 4.69. The molecule has 6 heteroatoms. The van der Waals surface area contributed by atoms with E-state index in [9.17, 15) is 0 Å². The van der Waals surface area contributed by atoms with Crippen molar-refractivity contribution >= 4 is 33.6 Å². The van der Waals surface area contributed by atoms with Crippen LogP contribution >= 0.6 is 11.3 Å². The summed E-state index contributed by atoms with van der Waals surface area (Å²) < 4.78 is 18.3. The summed E-state index contributed by atoms with van der Waals surface area (Å²) in [6, 6.07) is 22.1. The highest BCUT2D eigenvalue weighted by molar-refractivity contribution is 7.22. The molecule has 0 bridgehead atoms. The number of H-pyrrole nitrogens is 1. The van der Waals surface area contributed by atoms with Crippen LogP contribution in [0.5, 0.6) is 23.0 Å². The number of aromatic nitrogens is 2. The van der Waals surface area contributed by atoms with E-state index in [4.69, 9.17) is 14.2 Å². The number of nitrogens with one attached hydrogen (secondary N) is 1. The summed E-state index contributed by atoms with van der Waals surface area (Å²) in [6.07, 6.45) is 7.47. The Morgan fingerprint density at radius 2 is 1.55 bits per heavy atom. The van der Waals surface area contributed by atoms with Crippen molar-refractivity contribution in [2.45, 2.75) is 0 Å². The summed E-state index contributed by atoms with van der Waals surface area (Å²) in [5.41, 5.74) is 3.11. The van der Waals surface area contributed by atoms with Crippen LogP contribution in [0.1, 0.15) is 11.3 Å². The predicted octanol–water partition coefficient (Wildman–Crippen LogP) is 7.27. The molecule has 0 saturated heterocycles. The maximum absolute atomic E-state index is 6.45. The predicted molar refractivity (Wildman–Crippen MR) is 134 cm³/mol. The zero-order valence-electron chi connectivity index (χ0n) is 18.2. The van der Waals surface area contributed by atoms with Gasteiger partial charge in [-0.05, 0) is 71.8 Å². The Hall–Kier alpha value is -4.03. The van der Waals surface area contributed by atoms with E-state index in [1.807, 2.05) is 60.7 Å². The Bertz CT molecular complexity index is 1390. The van der Waals surface area contributed by atoms with Crippen LogP contribution < -0.4 is 14.2 Å². The lowest BCUT2D eigenvalue weighted by atomic mass is 10.1. The van der Waals surface area contributed by atoms with Crippen LogP contribution in [0.2, 0.25) is 0 Å². The molecule has 3 aromatic carbocycles. The van der Waals surface area contributed by atoms with Crippen molar-refractivity contribution in [1.82, 2.24) is 9.97 Å². The number of benzene rings is 3. The Labute approximate surface area is 195 Å². The molecule has 5 aromatic rings. The monoisotopic (exact) mass is 454 g/mol. The van der Waals surface area contributed by atoms with Gasteiger partial charge in [0.05, 0.1) is 37.3 Å². The van der Waals surface area contributed by atoms with E-state index in [1.165, 1.54) is 0 Å². The van der Waals surface area contributed by atoms with Crippen molar-refractivity contribution in [1.29, 1.82) is 0 Å². The maximum Gasteiger partial charge on any atom is 0.153 e. The number of imidazole rings is 1. The van der Waals surface area contributed by atoms with E-state index in [1.54, 1.807) is 38.1 Å². The molecule has 2 heterocycles. The van der Waals surface area contributed by atoms with Gasteiger partial charge in [-0.3, -0.25) is 0 Å². The fraction of sp³-hybridized carbons (Fsp3) is 0.0741. The number of methoxy groups -OCH3 is 2. The summed E-state index contributed by atoms with van der Waals surface area (Å²) in [5.74, 6) is 3.26. The van der Waals surface area contributed by atoms with Crippen LogP contribution in [-0.2, 0) is 0 Å². The highest BCUT2D eigenvalue weighted by Crippen LogP contribution is 2.47. The molecule has 164 valence electrons. The van der Waals surface area contributed by atoms with Gasteiger partial charge in [-0.25, -0.2) is 4.98 Å². The molecule has 0 unspecified atom stereocenters. The summed E-state index contributed by atoms with van der Waals surface area (Å²) in [5, 5.41) is 1.05. The smallest absolute Gasteiger partial charge is 0.153 e. The first-order valence-corrected chi connectivity index (χ1v) is 11.2. The normalized spacial score (nSPS) is 11.2. The van der Waals surface area contributed by atoms with Crippen molar-refractivity contribution < 1.29 is 14.2 Å². The number of rotatable bonds is 7. The third-order valence-electron chi connectivity index (χ3n) is 5.28. The van der Waals surface area contributed by atoms with Gasteiger partial charge in [0.15, 0.2) is 5.75 Å². The molecule has 33 heavy (non-hydrogen) atoms. The van der Waals surface area contributed by atoms with E-state index < -0.39 is 0 Å². The quantitative estimate of drug-likeness (QED) is 0.281. The van der Waals surface area contributed by atoms with E-state index >= 15 is 0 Å². The number of fused-ring (bicyclic) bond motifs is 1. The minimum atomic E-state index is 0.777. The van der Waals surface area contributed by atoms with Crippen LogP contribution in [-0.4, -0.2) is 24.2 Å². The minimum absolute atomic E-state index is 0.777. The summed E-state index contributed by atoms with van der Waals surface area (Å²) in [4.78, 5) is 8.15.